The van der Waals surface area contributed by atoms with Crippen molar-refractivity contribution in [1.82, 2.24) is 4.57 Å². The highest BCUT2D eigenvalue weighted by Crippen LogP contribution is 2.20. The Kier molecular flexibility index (Phi) is 3.74. The molecule has 4 heteroatoms. The summed E-state index contributed by atoms with van der Waals surface area (Å²) in [5.74, 6) is -0.271. The summed E-state index contributed by atoms with van der Waals surface area (Å²) in [6.07, 6.45) is 0. The zero-order valence-corrected chi connectivity index (χ0v) is 13.4. The first-order valence-electron chi connectivity index (χ1n) is 7.45. The molecule has 0 saturated carbocycles. The number of pyridine rings is 1. The Morgan fingerprint density at radius 1 is 1.04 bits per heavy atom. The van der Waals surface area contributed by atoms with Crippen LogP contribution in [-0.2, 0) is 7.05 Å². The fraction of sp³-hybridized carbons (Fsp3) is 0.158. The second-order valence-corrected chi connectivity index (χ2v) is 5.74. The number of carbonyl (C=O) groups is 1. The third-order valence-electron chi connectivity index (χ3n) is 4.04. The molecule has 0 aliphatic heterocycles. The van der Waals surface area contributed by atoms with E-state index < -0.39 is 0 Å². The lowest BCUT2D eigenvalue weighted by Crippen LogP contribution is -2.21. The quantitative estimate of drug-likeness (QED) is 0.789. The number of benzene rings is 2. The molecule has 1 amide bonds. The minimum Gasteiger partial charge on any atom is -0.322 e. The Morgan fingerprint density at radius 3 is 2.57 bits per heavy atom. The van der Waals surface area contributed by atoms with Gasteiger partial charge in [0.05, 0.1) is 11.1 Å². The number of para-hydroxylation sites is 1. The number of anilines is 1. The lowest BCUT2D eigenvalue weighted by molar-refractivity contribution is 0.102. The van der Waals surface area contributed by atoms with E-state index in [1.807, 2.05) is 56.3 Å². The van der Waals surface area contributed by atoms with Crippen LogP contribution in [0.15, 0.2) is 53.3 Å². The smallest absolute Gasteiger partial charge is 0.256 e. The lowest BCUT2D eigenvalue weighted by atomic mass is 10.1. The van der Waals surface area contributed by atoms with Gasteiger partial charge in [-0.2, -0.15) is 0 Å². The van der Waals surface area contributed by atoms with Crippen molar-refractivity contribution < 1.29 is 4.79 Å². The molecule has 116 valence electrons. The topological polar surface area (TPSA) is 51.1 Å². The van der Waals surface area contributed by atoms with Crippen molar-refractivity contribution in [2.24, 2.45) is 7.05 Å². The van der Waals surface area contributed by atoms with Gasteiger partial charge in [0.2, 0.25) is 0 Å². The first kappa shape index (κ1) is 15.0. The maximum atomic E-state index is 12.7. The predicted molar refractivity (Wildman–Crippen MR) is 93.1 cm³/mol. The van der Waals surface area contributed by atoms with E-state index in [0.717, 1.165) is 27.7 Å². The Hall–Kier alpha value is -2.88. The molecule has 0 unspecified atom stereocenters. The van der Waals surface area contributed by atoms with Crippen LogP contribution in [0.4, 0.5) is 5.69 Å². The maximum Gasteiger partial charge on any atom is 0.256 e. The molecule has 0 saturated heterocycles. The largest absolute Gasteiger partial charge is 0.322 e. The number of aryl methyl sites for hydroxylation is 3. The third kappa shape index (κ3) is 2.75. The van der Waals surface area contributed by atoms with E-state index in [9.17, 15) is 9.59 Å². The molecule has 1 N–H and O–H groups in total. The van der Waals surface area contributed by atoms with E-state index in [0.29, 0.717) is 5.56 Å². The van der Waals surface area contributed by atoms with E-state index in [2.05, 4.69) is 5.32 Å². The van der Waals surface area contributed by atoms with E-state index >= 15 is 0 Å². The fourth-order valence-corrected chi connectivity index (χ4v) is 2.66. The zero-order chi connectivity index (χ0) is 16.6. The van der Waals surface area contributed by atoms with E-state index in [1.54, 1.807) is 11.6 Å². The summed E-state index contributed by atoms with van der Waals surface area (Å²) in [5, 5.41) is 3.68. The van der Waals surface area contributed by atoms with Gasteiger partial charge in [0.1, 0.15) is 0 Å². The van der Waals surface area contributed by atoms with Crippen molar-refractivity contribution in [1.29, 1.82) is 0 Å². The average Bonchev–Trinajstić information content (AvgIpc) is 2.54. The van der Waals surface area contributed by atoms with Gasteiger partial charge < -0.3 is 9.88 Å². The van der Waals surface area contributed by atoms with Gasteiger partial charge in [0.15, 0.2) is 0 Å². The molecule has 0 aliphatic carbocycles. The maximum absolute atomic E-state index is 12.7. The number of nitrogens with zero attached hydrogens (tertiary/aromatic N) is 1. The molecule has 0 fully saturated rings. The Balaban J connectivity index is 2.10. The molecule has 0 aliphatic rings. The standard InChI is InChI=1S/C19H18N2O2/c1-12-8-9-13(2)16(10-12)20-19(23)15-11-18(22)21(3)17-7-5-4-6-14(15)17/h4-11H,1-3H3,(H,20,23). The van der Waals surface area contributed by atoms with Crippen LogP contribution in [0.5, 0.6) is 0 Å². The van der Waals surface area contributed by atoms with Gasteiger partial charge in [0.25, 0.3) is 11.5 Å². The second kappa shape index (κ2) is 5.72. The van der Waals surface area contributed by atoms with E-state index in [-0.39, 0.29) is 11.5 Å². The summed E-state index contributed by atoms with van der Waals surface area (Å²) < 4.78 is 1.55. The monoisotopic (exact) mass is 306 g/mol. The zero-order valence-electron chi connectivity index (χ0n) is 13.4. The van der Waals surface area contributed by atoms with Crippen molar-refractivity contribution in [2.75, 3.05) is 5.32 Å². The molecular weight excluding hydrogens is 288 g/mol. The molecule has 3 rings (SSSR count). The van der Waals surface area contributed by atoms with E-state index in [4.69, 9.17) is 0 Å². The molecule has 1 aromatic heterocycles. The molecule has 0 bridgehead atoms. The average molecular weight is 306 g/mol. The molecule has 0 radical (unpaired) electrons. The SMILES string of the molecule is Cc1ccc(C)c(NC(=O)c2cc(=O)n(C)c3ccccc23)c1. The molecule has 1 heterocycles. The Morgan fingerprint density at radius 2 is 1.78 bits per heavy atom. The highest BCUT2D eigenvalue weighted by molar-refractivity contribution is 6.12. The minimum absolute atomic E-state index is 0.199. The molecular formula is C19H18N2O2. The van der Waals surface area contributed by atoms with Crippen molar-refractivity contribution >= 4 is 22.5 Å². The molecule has 23 heavy (non-hydrogen) atoms. The molecule has 4 nitrogen and oxygen atoms in total. The molecule has 0 spiro atoms. The number of carbonyl (C=O) groups excluding carboxylic acids is 1. The van der Waals surface area contributed by atoms with Gasteiger partial charge in [-0.15, -0.1) is 0 Å². The Bertz CT molecular complexity index is 971. The van der Waals surface area contributed by atoms with Crippen LogP contribution in [0.3, 0.4) is 0 Å². The summed E-state index contributed by atoms with van der Waals surface area (Å²) >= 11 is 0. The lowest BCUT2D eigenvalue weighted by Gasteiger charge is -2.12. The number of hydrogen-bond acceptors (Lipinski definition) is 2. The summed E-state index contributed by atoms with van der Waals surface area (Å²) in [4.78, 5) is 24.8. The van der Waals surface area contributed by atoms with Crippen molar-refractivity contribution in [3.63, 3.8) is 0 Å². The number of fused-ring (bicyclic) bond motifs is 1. The minimum atomic E-state index is -0.271. The summed E-state index contributed by atoms with van der Waals surface area (Å²) in [5.41, 5.74) is 3.75. The first-order chi connectivity index (χ1) is 11.0. The second-order valence-electron chi connectivity index (χ2n) is 5.74. The van der Waals surface area contributed by atoms with Gasteiger partial charge in [0, 0.05) is 24.2 Å². The number of aromatic nitrogens is 1. The number of hydrogen-bond donors (Lipinski definition) is 1. The van der Waals surface area contributed by atoms with Crippen molar-refractivity contribution in [3.8, 4) is 0 Å². The number of nitrogens with one attached hydrogen (secondary N) is 1. The van der Waals surface area contributed by atoms with Crippen molar-refractivity contribution in [3.05, 3.63) is 75.6 Å². The van der Waals surface area contributed by atoms with Gasteiger partial charge in [-0.3, -0.25) is 9.59 Å². The van der Waals surface area contributed by atoms with Crippen LogP contribution >= 0.6 is 0 Å². The van der Waals surface area contributed by atoms with Crippen molar-refractivity contribution in [2.45, 2.75) is 13.8 Å². The molecule has 0 atom stereocenters. The Labute approximate surface area is 134 Å². The third-order valence-corrected chi connectivity index (χ3v) is 4.04. The van der Waals surface area contributed by atoms with E-state index in [1.165, 1.54) is 6.07 Å². The van der Waals surface area contributed by atoms with Gasteiger partial charge >= 0.3 is 0 Å². The highest BCUT2D eigenvalue weighted by atomic mass is 16.2. The highest BCUT2D eigenvalue weighted by Gasteiger charge is 2.14. The van der Waals surface area contributed by atoms with Gasteiger partial charge in [-0.25, -0.2) is 0 Å². The summed E-state index contributed by atoms with van der Waals surface area (Å²) in [6.45, 7) is 3.92. The van der Waals surface area contributed by atoms with Gasteiger partial charge in [-0.1, -0.05) is 30.3 Å². The summed E-state index contributed by atoms with van der Waals surface area (Å²) in [7, 11) is 1.71. The molecule has 2 aromatic carbocycles. The van der Waals surface area contributed by atoms with Crippen LogP contribution in [0.2, 0.25) is 0 Å². The first-order valence-corrected chi connectivity index (χ1v) is 7.45. The van der Waals surface area contributed by atoms with Gasteiger partial charge in [-0.05, 0) is 37.1 Å². The summed E-state index contributed by atoms with van der Waals surface area (Å²) in [6, 6.07) is 14.7. The number of amides is 1. The normalized spacial score (nSPS) is 10.7. The van der Waals surface area contributed by atoms with Crippen LogP contribution in [0, 0.1) is 13.8 Å². The van der Waals surface area contributed by atoms with Crippen LogP contribution < -0.4 is 10.9 Å². The van der Waals surface area contributed by atoms with Crippen LogP contribution in [0.25, 0.3) is 10.9 Å². The van der Waals surface area contributed by atoms with Crippen LogP contribution in [-0.4, -0.2) is 10.5 Å². The van der Waals surface area contributed by atoms with Crippen LogP contribution in [0.1, 0.15) is 21.5 Å². The fourth-order valence-electron chi connectivity index (χ4n) is 2.66. The predicted octanol–water partition coefficient (Wildman–Crippen LogP) is 3.41. The molecule has 3 aromatic rings. The number of rotatable bonds is 2.